The molecular weight excluding hydrogens is 178 g/mol. The minimum Gasteiger partial charge on any atom is -0.396 e. The Labute approximate surface area is 86.8 Å². The average molecular weight is 201 g/mol. The van der Waals surface area contributed by atoms with Gasteiger partial charge in [-0.15, -0.1) is 0 Å². The molecule has 3 heteroatoms. The first-order chi connectivity index (χ1) is 6.70. The van der Waals surface area contributed by atoms with Gasteiger partial charge in [0.25, 0.3) is 0 Å². The maximum absolute atomic E-state index is 8.97. The van der Waals surface area contributed by atoms with Crippen molar-refractivity contribution in [2.45, 2.75) is 38.1 Å². The van der Waals surface area contributed by atoms with E-state index in [-0.39, 0.29) is 12.1 Å². The molecule has 0 amide bonds. The van der Waals surface area contributed by atoms with Crippen LogP contribution in [0.3, 0.4) is 0 Å². The highest BCUT2D eigenvalue weighted by atomic mass is 16.5. The standard InChI is InChI=1S/C11H23NO2/c1-11(6-7-13,9-14-2)12-8-10-4-3-5-10/h10,12-13H,3-9H2,1-2H3/t11-/m1/s1. The van der Waals surface area contributed by atoms with Crippen molar-refractivity contribution < 1.29 is 9.84 Å². The minimum absolute atomic E-state index is 0.0565. The van der Waals surface area contributed by atoms with Crippen molar-refractivity contribution in [2.75, 3.05) is 26.9 Å². The number of nitrogens with one attached hydrogen (secondary N) is 1. The largest absolute Gasteiger partial charge is 0.396 e. The van der Waals surface area contributed by atoms with Gasteiger partial charge < -0.3 is 15.2 Å². The molecule has 0 bridgehead atoms. The molecule has 0 aliphatic heterocycles. The summed E-state index contributed by atoms with van der Waals surface area (Å²) in [6.07, 6.45) is 4.85. The topological polar surface area (TPSA) is 41.5 Å². The van der Waals surface area contributed by atoms with Gasteiger partial charge in [0.1, 0.15) is 0 Å². The van der Waals surface area contributed by atoms with E-state index in [0.29, 0.717) is 6.61 Å². The van der Waals surface area contributed by atoms with Gasteiger partial charge in [-0.1, -0.05) is 6.42 Å². The fraction of sp³-hybridized carbons (Fsp3) is 1.00. The van der Waals surface area contributed by atoms with Gasteiger partial charge in [-0.25, -0.2) is 0 Å². The fourth-order valence-corrected chi connectivity index (χ4v) is 1.86. The van der Waals surface area contributed by atoms with Gasteiger partial charge in [-0.2, -0.15) is 0 Å². The molecule has 1 saturated carbocycles. The summed E-state index contributed by atoms with van der Waals surface area (Å²) in [4.78, 5) is 0. The fourth-order valence-electron chi connectivity index (χ4n) is 1.86. The molecule has 0 heterocycles. The van der Waals surface area contributed by atoms with Crippen LogP contribution in [0.1, 0.15) is 32.6 Å². The Morgan fingerprint density at radius 1 is 1.50 bits per heavy atom. The monoisotopic (exact) mass is 201 g/mol. The van der Waals surface area contributed by atoms with E-state index in [1.165, 1.54) is 19.3 Å². The summed E-state index contributed by atoms with van der Waals surface area (Å²) in [6, 6.07) is 0. The predicted octanol–water partition coefficient (Wildman–Crippen LogP) is 1.16. The SMILES string of the molecule is COC[C@@](C)(CCO)NCC1CCC1. The van der Waals surface area contributed by atoms with Crippen molar-refractivity contribution in [1.82, 2.24) is 5.32 Å². The minimum atomic E-state index is -0.0565. The van der Waals surface area contributed by atoms with Crippen LogP contribution >= 0.6 is 0 Å². The van der Waals surface area contributed by atoms with Crippen molar-refractivity contribution in [3.05, 3.63) is 0 Å². The van der Waals surface area contributed by atoms with Gasteiger partial charge in [-0.05, 0) is 38.6 Å². The highest BCUT2D eigenvalue weighted by Crippen LogP contribution is 2.26. The van der Waals surface area contributed by atoms with Crippen LogP contribution in [0, 0.1) is 5.92 Å². The Balaban J connectivity index is 2.25. The Morgan fingerprint density at radius 3 is 2.64 bits per heavy atom. The van der Waals surface area contributed by atoms with E-state index in [1.54, 1.807) is 7.11 Å². The Bertz CT molecular complexity index is 151. The second kappa shape index (κ2) is 5.69. The van der Waals surface area contributed by atoms with Crippen LogP contribution in [0.4, 0.5) is 0 Å². The normalized spacial score (nSPS) is 21.6. The van der Waals surface area contributed by atoms with Gasteiger partial charge in [0.05, 0.1) is 6.61 Å². The summed E-state index contributed by atoms with van der Waals surface area (Å²) in [7, 11) is 1.71. The molecule has 0 spiro atoms. The van der Waals surface area contributed by atoms with Gasteiger partial charge in [0.2, 0.25) is 0 Å². The molecule has 1 rings (SSSR count). The summed E-state index contributed by atoms with van der Waals surface area (Å²) in [5.74, 6) is 0.852. The number of aliphatic hydroxyl groups is 1. The lowest BCUT2D eigenvalue weighted by Gasteiger charge is -2.34. The number of ether oxygens (including phenoxy) is 1. The van der Waals surface area contributed by atoms with Crippen LogP contribution in [0.2, 0.25) is 0 Å². The summed E-state index contributed by atoms with van der Waals surface area (Å²) >= 11 is 0. The molecule has 14 heavy (non-hydrogen) atoms. The number of rotatable bonds is 7. The van der Waals surface area contributed by atoms with Gasteiger partial charge in [0.15, 0.2) is 0 Å². The number of hydrogen-bond acceptors (Lipinski definition) is 3. The zero-order valence-corrected chi connectivity index (χ0v) is 9.38. The van der Waals surface area contributed by atoms with E-state index in [1.807, 2.05) is 0 Å². The quantitative estimate of drug-likeness (QED) is 0.649. The lowest BCUT2D eigenvalue weighted by atomic mass is 9.84. The molecule has 0 unspecified atom stereocenters. The number of methoxy groups -OCH3 is 1. The Hall–Kier alpha value is -0.120. The number of hydrogen-bond donors (Lipinski definition) is 2. The second-order valence-electron chi connectivity index (χ2n) is 4.65. The lowest BCUT2D eigenvalue weighted by molar-refractivity contribution is 0.0911. The van der Waals surface area contributed by atoms with E-state index >= 15 is 0 Å². The third-order valence-corrected chi connectivity index (χ3v) is 3.17. The van der Waals surface area contributed by atoms with Crippen LogP contribution < -0.4 is 5.32 Å². The molecule has 1 atom stereocenters. The predicted molar refractivity (Wildman–Crippen MR) is 57.3 cm³/mol. The van der Waals surface area contributed by atoms with Crippen molar-refractivity contribution in [1.29, 1.82) is 0 Å². The average Bonchev–Trinajstić information content (AvgIpc) is 2.02. The zero-order chi connectivity index (χ0) is 10.4. The van der Waals surface area contributed by atoms with E-state index in [9.17, 15) is 0 Å². The first-order valence-electron chi connectivity index (χ1n) is 5.55. The number of aliphatic hydroxyl groups excluding tert-OH is 1. The van der Waals surface area contributed by atoms with Crippen molar-refractivity contribution in [2.24, 2.45) is 5.92 Å². The van der Waals surface area contributed by atoms with E-state index < -0.39 is 0 Å². The molecule has 1 fully saturated rings. The molecule has 3 nitrogen and oxygen atoms in total. The molecule has 0 radical (unpaired) electrons. The van der Waals surface area contributed by atoms with Crippen LogP contribution in [0.5, 0.6) is 0 Å². The molecule has 0 saturated heterocycles. The maximum atomic E-state index is 8.97. The molecule has 0 aromatic rings. The smallest absolute Gasteiger partial charge is 0.0642 e. The summed E-state index contributed by atoms with van der Waals surface area (Å²) in [6.45, 7) is 4.07. The van der Waals surface area contributed by atoms with Gasteiger partial charge in [-0.3, -0.25) is 0 Å². The highest BCUT2D eigenvalue weighted by Gasteiger charge is 2.26. The van der Waals surface area contributed by atoms with Crippen molar-refractivity contribution >= 4 is 0 Å². The third-order valence-electron chi connectivity index (χ3n) is 3.17. The van der Waals surface area contributed by atoms with E-state index in [2.05, 4.69) is 12.2 Å². The summed E-state index contributed by atoms with van der Waals surface area (Å²) in [5, 5.41) is 12.5. The summed E-state index contributed by atoms with van der Waals surface area (Å²) in [5.41, 5.74) is -0.0565. The van der Waals surface area contributed by atoms with Gasteiger partial charge in [0, 0.05) is 19.3 Å². The Morgan fingerprint density at radius 2 is 2.21 bits per heavy atom. The van der Waals surface area contributed by atoms with E-state index in [4.69, 9.17) is 9.84 Å². The third kappa shape index (κ3) is 3.56. The Kier molecular flexibility index (Phi) is 4.85. The van der Waals surface area contributed by atoms with Crippen LogP contribution in [-0.4, -0.2) is 37.5 Å². The molecular formula is C11H23NO2. The molecule has 0 aromatic heterocycles. The first-order valence-corrected chi connectivity index (χ1v) is 5.55. The first kappa shape index (κ1) is 12.0. The molecule has 2 N–H and O–H groups in total. The van der Waals surface area contributed by atoms with Crippen molar-refractivity contribution in [3.63, 3.8) is 0 Å². The maximum Gasteiger partial charge on any atom is 0.0642 e. The molecule has 0 aromatic carbocycles. The lowest BCUT2D eigenvalue weighted by Crippen LogP contribution is -2.49. The van der Waals surface area contributed by atoms with Crippen LogP contribution in [0.15, 0.2) is 0 Å². The summed E-state index contributed by atoms with van der Waals surface area (Å²) < 4.78 is 5.17. The zero-order valence-electron chi connectivity index (χ0n) is 9.38. The molecule has 1 aliphatic carbocycles. The van der Waals surface area contributed by atoms with Crippen LogP contribution in [-0.2, 0) is 4.74 Å². The molecule has 1 aliphatic rings. The second-order valence-corrected chi connectivity index (χ2v) is 4.65. The van der Waals surface area contributed by atoms with Gasteiger partial charge >= 0.3 is 0 Å². The molecule has 84 valence electrons. The van der Waals surface area contributed by atoms with Crippen molar-refractivity contribution in [3.8, 4) is 0 Å². The van der Waals surface area contributed by atoms with E-state index in [0.717, 1.165) is 18.9 Å². The van der Waals surface area contributed by atoms with Crippen LogP contribution in [0.25, 0.3) is 0 Å². The highest BCUT2D eigenvalue weighted by molar-refractivity contribution is 4.85.